The Hall–Kier alpha value is -1.83. The van der Waals surface area contributed by atoms with Crippen molar-refractivity contribution in [1.29, 1.82) is 0 Å². The summed E-state index contributed by atoms with van der Waals surface area (Å²) in [4.78, 5) is 10.4. The van der Waals surface area contributed by atoms with Crippen LogP contribution in [0.15, 0.2) is 30.6 Å². The quantitative estimate of drug-likeness (QED) is 0.700. The van der Waals surface area contributed by atoms with Gasteiger partial charge in [0, 0.05) is 48.3 Å². The minimum atomic E-state index is -2.30. The number of nitrogens with one attached hydrogen (secondary N) is 1. The highest BCUT2D eigenvalue weighted by atomic mass is 35.5. The molecule has 3 heterocycles. The van der Waals surface area contributed by atoms with Crippen molar-refractivity contribution in [2.24, 2.45) is 0 Å². The van der Waals surface area contributed by atoms with Gasteiger partial charge in [-0.25, -0.2) is 13.8 Å². The molecule has 0 spiro atoms. The van der Waals surface area contributed by atoms with Crippen molar-refractivity contribution < 1.29 is 13.9 Å². The minimum absolute atomic E-state index is 0.168. The Morgan fingerprint density at radius 1 is 1.25 bits per heavy atom. The second kappa shape index (κ2) is 8.68. The fourth-order valence-electron chi connectivity index (χ4n) is 3.34. The summed E-state index contributed by atoms with van der Waals surface area (Å²) >= 11 is 6.09. The van der Waals surface area contributed by atoms with Crippen LogP contribution in [0.3, 0.4) is 0 Å². The van der Waals surface area contributed by atoms with E-state index in [1.165, 1.54) is 0 Å². The molecule has 2 aromatic heterocycles. The number of anilines is 1. The molecular formula is C20H25ClF2N4O. The van der Waals surface area contributed by atoms with Crippen molar-refractivity contribution >= 4 is 17.3 Å². The fraction of sp³-hybridized carbons (Fsp3) is 0.500. The number of aromatic nitrogens is 2. The molecular weight excluding hydrogens is 386 g/mol. The zero-order chi connectivity index (χ0) is 20.3. The molecule has 28 heavy (non-hydrogen) atoms. The van der Waals surface area contributed by atoms with Gasteiger partial charge in [0.15, 0.2) is 0 Å². The molecule has 8 heteroatoms. The number of aliphatic hydroxyl groups is 1. The minimum Gasteiger partial charge on any atom is -0.386 e. The van der Waals surface area contributed by atoms with Gasteiger partial charge < -0.3 is 10.4 Å². The van der Waals surface area contributed by atoms with Crippen molar-refractivity contribution in [3.63, 3.8) is 0 Å². The summed E-state index contributed by atoms with van der Waals surface area (Å²) < 4.78 is 25.1. The van der Waals surface area contributed by atoms with Gasteiger partial charge in [-0.15, -0.1) is 0 Å². The van der Waals surface area contributed by atoms with Gasteiger partial charge in [-0.1, -0.05) is 17.7 Å². The van der Waals surface area contributed by atoms with Crippen LogP contribution in [-0.4, -0.2) is 52.1 Å². The molecule has 3 rings (SSSR count). The summed E-state index contributed by atoms with van der Waals surface area (Å²) in [5.74, 6) is 0. The molecule has 1 aliphatic rings. The lowest BCUT2D eigenvalue weighted by atomic mass is 9.99. The number of rotatable bonds is 6. The Balaban J connectivity index is 1.75. The standard InChI is InChI=1S/C20H25ClF2N4O/c1-20(2,28)13-3-4-16(24-10-13)15-11-25-18(21)9-17(15)26-14-5-7-27(8-6-14)12-19(22)23/h3-4,9-11,14,19,28H,5-8,12H2,1-2H3,(H,25,26). The summed E-state index contributed by atoms with van der Waals surface area (Å²) in [6, 6.07) is 5.61. The molecule has 0 amide bonds. The molecule has 0 aliphatic carbocycles. The lowest BCUT2D eigenvalue weighted by Gasteiger charge is -2.33. The summed E-state index contributed by atoms with van der Waals surface area (Å²) in [5.41, 5.74) is 2.10. The lowest BCUT2D eigenvalue weighted by molar-refractivity contribution is 0.0768. The first kappa shape index (κ1) is 20.9. The second-order valence-electron chi connectivity index (χ2n) is 7.65. The van der Waals surface area contributed by atoms with E-state index in [1.807, 2.05) is 12.1 Å². The van der Waals surface area contributed by atoms with Crippen LogP contribution < -0.4 is 5.32 Å². The number of nitrogens with zero attached hydrogens (tertiary/aromatic N) is 3. The van der Waals surface area contributed by atoms with Gasteiger partial charge in [0.2, 0.25) is 0 Å². The third-order valence-corrected chi connectivity index (χ3v) is 5.17. The molecule has 1 saturated heterocycles. The summed E-state index contributed by atoms with van der Waals surface area (Å²) in [5, 5.41) is 14.0. The molecule has 0 bridgehead atoms. The van der Waals surface area contributed by atoms with Crippen LogP contribution in [0.2, 0.25) is 5.15 Å². The first-order chi connectivity index (χ1) is 13.2. The number of piperidine rings is 1. The molecule has 1 fully saturated rings. The summed E-state index contributed by atoms with van der Waals surface area (Å²) in [7, 11) is 0. The first-order valence-electron chi connectivity index (χ1n) is 9.34. The number of hydrogen-bond donors (Lipinski definition) is 2. The van der Waals surface area contributed by atoms with E-state index < -0.39 is 12.0 Å². The molecule has 2 aromatic rings. The number of alkyl halides is 2. The second-order valence-corrected chi connectivity index (χ2v) is 8.04. The van der Waals surface area contributed by atoms with Gasteiger partial charge in [0.1, 0.15) is 5.15 Å². The Kier molecular flexibility index (Phi) is 6.47. The van der Waals surface area contributed by atoms with E-state index in [9.17, 15) is 13.9 Å². The van der Waals surface area contributed by atoms with Crippen LogP contribution in [0.25, 0.3) is 11.3 Å². The molecule has 5 nitrogen and oxygen atoms in total. The zero-order valence-corrected chi connectivity index (χ0v) is 16.8. The molecule has 0 radical (unpaired) electrons. The first-order valence-corrected chi connectivity index (χ1v) is 9.72. The van der Waals surface area contributed by atoms with E-state index >= 15 is 0 Å². The third kappa shape index (κ3) is 5.37. The van der Waals surface area contributed by atoms with Crippen LogP contribution in [0.4, 0.5) is 14.5 Å². The molecule has 0 atom stereocenters. The van der Waals surface area contributed by atoms with E-state index in [0.717, 1.165) is 35.3 Å². The van der Waals surface area contributed by atoms with Crippen molar-refractivity contribution in [1.82, 2.24) is 14.9 Å². The van der Waals surface area contributed by atoms with Crippen molar-refractivity contribution in [2.45, 2.75) is 44.8 Å². The van der Waals surface area contributed by atoms with Gasteiger partial charge in [0.25, 0.3) is 6.43 Å². The van der Waals surface area contributed by atoms with Crippen molar-refractivity contribution in [3.8, 4) is 11.3 Å². The number of pyridine rings is 2. The van der Waals surface area contributed by atoms with Gasteiger partial charge in [0.05, 0.1) is 17.8 Å². The van der Waals surface area contributed by atoms with Crippen molar-refractivity contribution in [3.05, 3.63) is 41.3 Å². The van der Waals surface area contributed by atoms with Crippen LogP contribution >= 0.6 is 11.6 Å². The molecule has 0 unspecified atom stereocenters. The summed E-state index contributed by atoms with van der Waals surface area (Å²) in [6.45, 7) is 4.52. The molecule has 152 valence electrons. The maximum atomic E-state index is 12.5. The predicted octanol–water partition coefficient (Wildman–Crippen LogP) is 4.17. The van der Waals surface area contributed by atoms with Gasteiger partial charge in [-0.3, -0.25) is 9.88 Å². The predicted molar refractivity (Wildman–Crippen MR) is 107 cm³/mol. The van der Waals surface area contributed by atoms with E-state index in [1.54, 1.807) is 37.2 Å². The number of likely N-dealkylation sites (tertiary alicyclic amines) is 1. The van der Waals surface area contributed by atoms with Crippen LogP contribution in [0.5, 0.6) is 0 Å². The van der Waals surface area contributed by atoms with Gasteiger partial charge in [-0.05, 0) is 38.8 Å². The highest BCUT2D eigenvalue weighted by Crippen LogP contribution is 2.31. The maximum absolute atomic E-state index is 12.5. The Morgan fingerprint density at radius 3 is 2.54 bits per heavy atom. The molecule has 0 aromatic carbocycles. The lowest BCUT2D eigenvalue weighted by Crippen LogP contribution is -2.41. The number of halogens is 3. The van der Waals surface area contributed by atoms with E-state index in [2.05, 4.69) is 15.3 Å². The highest BCUT2D eigenvalue weighted by molar-refractivity contribution is 6.29. The van der Waals surface area contributed by atoms with E-state index in [-0.39, 0.29) is 12.6 Å². The monoisotopic (exact) mass is 410 g/mol. The Morgan fingerprint density at radius 2 is 1.96 bits per heavy atom. The average Bonchev–Trinajstić information content (AvgIpc) is 2.62. The molecule has 2 N–H and O–H groups in total. The van der Waals surface area contributed by atoms with Crippen LogP contribution in [0, 0.1) is 0 Å². The van der Waals surface area contributed by atoms with Gasteiger partial charge in [-0.2, -0.15) is 0 Å². The summed E-state index contributed by atoms with van der Waals surface area (Å²) in [6.07, 6.45) is 2.57. The average molecular weight is 411 g/mol. The smallest absolute Gasteiger partial charge is 0.251 e. The molecule has 1 aliphatic heterocycles. The fourth-order valence-corrected chi connectivity index (χ4v) is 3.50. The zero-order valence-electron chi connectivity index (χ0n) is 16.0. The number of hydrogen-bond acceptors (Lipinski definition) is 5. The third-order valence-electron chi connectivity index (χ3n) is 4.96. The normalized spacial score (nSPS) is 16.5. The van der Waals surface area contributed by atoms with Crippen molar-refractivity contribution in [2.75, 3.05) is 25.0 Å². The Labute approximate surface area is 168 Å². The molecule has 0 saturated carbocycles. The largest absolute Gasteiger partial charge is 0.386 e. The van der Waals surface area contributed by atoms with E-state index in [4.69, 9.17) is 11.6 Å². The van der Waals surface area contributed by atoms with Crippen LogP contribution in [0.1, 0.15) is 32.3 Å². The van der Waals surface area contributed by atoms with Gasteiger partial charge >= 0.3 is 0 Å². The van der Waals surface area contributed by atoms with E-state index in [0.29, 0.717) is 18.2 Å². The maximum Gasteiger partial charge on any atom is 0.251 e. The SMILES string of the molecule is CC(C)(O)c1ccc(-c2cnc(Cl)cc2NC2CCN(CC(F)F)CC2)nc1. The van der Waals surface area contributed by atoms with Crippen LogP contribution in [-0.2, 0) is 5.60 Å². The highest BCUT2D eigenvalue weighted by Gasteiger charge is 2.23. The topological polar surface area (TPSA) is 61.3 Å². The Bertz CT molecular complexity index is 788.